The number of imidazole rings is 1. The number of fused-ring (bicyclic) bond motifs is 4. The van der Waals surface area contributed by atoms with E-state index in [1.807, 2.05) is 78.2 Å². The number of benzene rings is 3. The lowest BCUT2D eigenvalue weighted by Crippen LogP contribution is -2.40. The molecule has 0 saturated carbocycles. The molecule has 8 nitrogen and oxygen atoms in total. The molecule has 0 atom stereocenters. The van der Waals surface area contributed by atoms with Crippen LogP contribution in [0.4, 0.5) is 11.6 Å². The fourth-order valence-electron chi connectivity index (χ4n) is 5.29. The second-order valence-electron chi connectivity index (χ2n) is 9.39. The van der Waals surface area contributed by atoms with E-state index in [0.29, 0.717) is 30.3 Å². The third-order valence-electron chi connectivity index (χ3n) is 7.13. The number of rotatable bonds is 5. The summed E-state index contributed by atoms with van der Waals surface area (Å²) in [5, 5.41) is 2.11. The molecular formula is C29H29N5O3. The van der Waals surface area contributed by atoms with Gasteiger partial charge < -0.3 is 14.2 Å². The summed E-state index contributed by atoms with van der Waals surface area (Å²) in [6, 6.07) is 21.9. The first-order valence-electron chi connectivity index (χ1n) is 12.7. The van der Waals surface area contributed by atoms with E-state index < -0.39 is 0 Å². The van der Waals surface area contributed by atoms with Crippen molar-refractivity contribution in [3.8, 4) is 5.75 Å². The Kier molecular flexibility index (Phi) is 5.79. The highest BCUT2D eigenvalue weighted by molar-refractivity contribution is 5.85. The molecule has 1 aliphatic rings. The Hall–Kier alpha value is -4.33. The lowest BCUT2D eigenvalue weighted by atomic mass is 10.0. The summed E-state index contributed by atoms with van der Waals surface area (Å²) in [6.07, 6.45) is 1.88. The van der Waals surface area contributed by atoms with Crippen LogP contribution in [0.2, 0.25) is 0 Å². The maximum Gasteiger partial charge on any atom is 0.332 e. The first kappa shape index (κ1) is 23.1. The van der Waals surface area contributed by atoms with Crippen molar-refractivity contribution in [2.75, 3.05) is 18.1 Å². The first-order valence-corrected chi connectivity index (χ1v) is 12.7. The number of hydrogen-bond acceptors (Lipinski definition) is 5. The smallest absolute Gasteiger partial charge is 0.332 e. The predicted octanol–water partition coefficient (Wildman–Crippen LogP) is 4.43. The van der Waals surface area contributed by atoms with E-state index in [2.05, 4.69) is 4.90 Å². The summed E-state index contributed by atoms with van der Waals surface area (Å²) in [6.45, 7) is 4.21. The molecule has 37 heavy (non-hydrogen) atoms. The van der Waals surface area contributed by atoms with Crippen LogP contribution in [0.5, 0.6) is 5.75 Å². The van der Waals surface area contributed by atoms with Gasteiger partial charge in [0.2, 0.25) is 5.95 Å². The Bertz CT molecular complexity index is 1720. The van der Waals surface area contributed by atoms with Crippen LogP contribution in [-0.4, -0.2) is 31.8 Å². The first-order chi connectivity index (χ1) is 18.1. The lowest BCUT2D eigenvalue weighted by molar-refractivity contribution is 0.340. The Morgan fingerprint density at radius 1 is 0.919 bits per heavy atom. The van der Waals surface area contributed by atoms with Gasteiger partial charge in [0, 0.05) is 25.8 Å². The topological polar surface area (TPSA) is 74.3 Å². The van der Waals surface area contributed by atoms with Crippen molar-refractivity contribution in [3.05, 3.63) is 93.1 Å². The Morgan fingerprint density at radius 2 is 1.68 bits per heavy atom. The molecule has 6 rings (SSSR count). The van der Waals surface area contributed by atoms with Crippen molar-refractivity contribution in [1.82, 2.24) is 18.7 Å². The van der Waals surface area contributed by atoms with Gasteiger partial charge in [-0.3, -0.25) is 13.9 Å². The van der Waals surface area contributed by atoms with Gasteiger partial charge in [0.25, 0.3) is 5.56 Å². The minimum Gasteiger partial charge on any atom is -0.494 e. The van der Waals surface area contributed by atoms with Gasteiger partial charge in [0.1, 0.15) is 5.75 Å². The number of aromatic nitrogens is 4. The fourth-order valence-corrected chi connectivity index (χ4v) is 5.29. The van der Waals surface area contributed by atoms with Crippen molar-refractivity contribution in [2.45, 2.75) is 32.9 Å². The lowest BCUT2D eigenvalue weighted by Gasteiger charge is -2.22. The van der Waals surface area contributed by atoms with Gasteiger partial charge in [-0.15, -0.1) is 0 Å². The van der Waals surface area contributed by atoms with E-state index in [1.54, 1.807) is 7.05 Å². The molecule has 1 aliphatic heterocycles. The largest absolute Gasteiger partial charge is 0.494 e. The van der Waals surface area contributed by atoms with Crippen LogP contribution in [-0.2, 0) is 20.1 Å². The van der Waals surface area contributed by atoms with Gasteiger partial charge in [0.15, 0.2) is 11.2 Å². The molecule has 0 unspecified atom stereocenters. The van der Waals surface area contributed by atoms with Crippen molar-refractivity contribution >= 4 is 33.6 Å². The number of hydrogen-bond donors (Lipinski definition) is 0. The van der Waals surface area contributed by atoms with E-state index in [0.717, 1.165) is 47.2 Å². The van der Waals surface area contributed by atoms with Crippen LogP contribution < -0.4 is 20.9 Å². The second-order valence-corrected chi connectivity index (χ2v) is 9.39. The Labute approximate surface area is 214 Å². The average Bonchev–Trinajstić information content (AvgIpc) is 3.18. The predicted molar refractivity (Wildman–Crippen MR) is 146 cm³/mol. The average molecular weight is 496 g/mol. The molecule has 0 bridgehead atoms. The van der Waals surface area contributed by atoms with Gasteiger partial charge in [-0.2, -0.15) is 4.98 Å². The van der Waals surface area contributed by atoms with E-state index >= 15 is 0 Å². The molecule has 188 valence electrons. The highest BCUT2D eigenvalue weighted by Crippen LogP contribution is 2.31. The van der Waals surface area contributed by atoms with Gasteiger partial charge in [-0.1, -0.05) is 42.5 Å². The molecule has 0 spiro atoms. The molecule has 2 aromatic heterocycles. The monoisotopic (exact) mass is 495 g/mol. The van der Waals surface area contributed by atoms with Crippen LogP contribution in [0.3, 0.4) is 0 Å². The molecular weight excluding hydrogens is 466 g/mol. The van der Waals surface area contributed by atoms with Crippen LogP contribution in [0, 0.1) is 0 Å². The molecule has 3 heterocycles. The number of nitrogens with zero attached hydrogens (tertiary/aromatic N) is 5. The van der Waals surface area contributed by atoms with E-state index in [-0.39, 0.29) is 17.8 Å². The van der Waals surface area contributed by atoms with E-state index in [4.69, 9.17) is 9.72 Å². The number of anilines is 2. The zero-order valence-corrected chi connectivity index (χ0v) is 21.1. The Balaban J connectivity index is 1.50. The third kappa shape index (κ3) is 3.89. The Morgan fingerprint density at radius 3 is 2.49 bits per heavy atom. The standard InChI is InChI=1S/C29H29N5O3/c1-3-37-23-15-13-22(14-16-23)32-17-6-7-18-33-25-26(30-28(32)33)31(2)29(36)34(27(25)35)19-21-11-8-10-20-9-4-5-12-24(20)21/h4-5,8-16H,3,6-7,17-19H2,1-2H3. The van der Waals surface area contributed by atoms with Gasteiger partial charge >= 0.3 is 5.69 Å². The highest BCUT2D eigenvalue weighted by atomic mass is 16.5. The number of aryl methyl sites for hydroxylation is 2. The van der Waals surface area contributed by atoms with Crippen LogP contribution in [0.1, 0.15) is 25.3 Å². The van der Waals surface area contributed by atoms with Gasteiger partial charge in [-0.05, 0) is 60.4 Å². The van der Waals surface area contributed by atoms with Crippen LogP contribution >= 0.6 is 0 Å². The van der Waals surface area contributed by atoms with Gasteiger partial charge in [-0.25, -0.2) is 4.79 Å². The second kappa shape index (κ2) is 9.28. The van der Waals surface area contributed by atoms with Crippen molar-refractivity contribution in [1.29, 1.82) is 0 Å². The third-order valence-corrected chi connectivity index (χ3v) is 7.13. The minimum absolute atomic E-state index is 0.200. The summed E-state index contributed by atoms with van der Waals surface area (Å²) in [5.74, 6) is 1.50. The zero-order valence-electron chi connectivity index (χ0n) is 21.1. The zero-order chi connectivity index (χ0) is 25.5. The SMILES string of the molecule is CCOc1ccc(N2CCCCn3c2nc2c3c(=O)n(Cc3cccc4ccccc34)c(=O)n2C)cc1. The summed E-state index contributed by atoms with van der Waals surface area (Å²) in [5.41, 5.74) is 2.11. The fraction of sp³-hybridized carbons (Fsp3) is 0.276. The van der Waals surface area contributed by atoms with E-state index in [1.165, 1.54) is 9.13 Å². The van der Waals surface area contributed by atoms with Crippen molar-refractivity contribution in [3.63, 3.8) is 0 Å². The summed E-state index contributed by atoms with van der Waals surface area (Å²) in [7, 11) is 1.69. The highest BCUT2D eigenvalue weighted by Gasteiger charge is 2.26. The molecule has 5 aromatic rings. The molecule has 3 aromatic carbocycles. The maximum absolute atomic E-state index is 13.9. The molecule has 0 amide bonds. The van der Waals surface area contributed by atoms with Crippen molar-refractivity contribution in [2.24, 2.45) is 7.05 Å². The van der Waals surface area contributed by atoms with Crippen LogP contribution in [0.25, 0.3) is 21.9 Å². The molecule has 0 radical (unpaired) electrons. The minimum atomic E-state index is -0.369. The molecule has 0 fully saturated rings. The summed E-state index contributed by atoms with van der Waals surface area (Å²) < 4.78 is 10.4. The van der Waals surface area contributed by atoms with E-state index in [9.17, 15) is 9.59 Å². The van der Waals surface area contributed by atoms with Crippen molar-refractivity contribution < 1.29 is 4.74 Å². The summed E-state index contributed by atoms with van der Waals surface area (Å²) >= 11 is 0. The quantitative estimate of drug-likeness (QED) is 0.361. The maximum atomic E-state index is 13.9. The molecule has 8 heteroatoms. The molecule has 0 saturated heterocycles. The molecule has 0 N–H and O–H groups in total. The van der Waals surface area contributed by atoms with Gasteiger partial charge in [0.05, 0.1) is 13.2 Å². The molecule has 0 aliphatic carbocycles. The number of ether oxygens (including phenoxy) is 1. The normalized spacial score (nSPS) is 13.6. The summed E-state index contributed by atoms with van der Waals surface area (Å²) in [4.78, 5) is 34.3. The van der Waals surface area contributed by atoms with Crippen LogP contribution in [0.15, 0.2) is 76.3 Å².